The Labute approximate surface area is 123 Å². The van der Waals surface area contributed by atoms with Crippen molar-refractivity contribution in [1.29, 1.82) is 0 Å². The number of carbonyl (C=O) groups excluding carboxylic acids is 3. The molecule has 1 aliphatic carbocycles. The Morgan fingerprint density at radius 1 is 1.14 bits per heavy atom. The predicted octanol–water partition coefficient (Wildman–Crippen LogP) is -1.41. The van der Waals surface area contributed by atoms with Crippen LogP contribution in [0.1, 0.15) is 25.7 Å². The van der Waals surface area contributed by atoms with Gasteiger partial charge in [-0.2, -0.15) is 0 Å². The number of rotatable bonds is 3. The largest absolute Gasteiger partial charge is 0.353 e. The minimum Gasteiger partial charge on any atom is -0.353 e. The number of likely N-dealkylation sites (tertiary alicyclic amines) is 1. The first-order chi connectivity index (χ1) is 10.1. The highest BCUT2D eigenvalue weighted by Gasteiger charge is 2.35. The van der Waals surface area contributed by atoms with E-state index in [0.29, 0.717) is 6.54 Å². The number of nitrogens with one attached hydrogen (secondary N) is 3. The van der Waals surface area contributed by atoms with Crippen LogP contribution in [0.25, 0.3) is 0 Å². The highest BCUT2D eigenvalue weighted by atomic mass is 16.2. The Morgan fingerprint density at radius 2 is 1.86 bits per heavy atom. The van der Waals surface area contributed by atoms with Gasteiger partial charge in [0.15, 0.2) is 0 Å². The lowest BCUT2D eigenvalue weighted by Crippen LogP contribution is -2.59. The zero-order valence-corrected chi connectivity index (χ0v) is 12.1. The summed E-state index contributed by atoms with van der Waals surface area (Å²) < 4.78 is 0. The smallest absolute Gasteiger partial charge is 0.239 e. The summed E-state index contributed by atoms with van der Waals surface area (Å²) in [6, 6.07) is -0.228. The molecular formula is C14H22N4O3. The van der Waals surface area contributed by atoms with Gasteiger partial charge in [0.25, 0.3) is 0 Å². The molecule has 7 heteroatoms. The predicted molar refractivity (Wildman–Crippen MR) is 75.3 cm³/mol. The van der Waals surface area contributed by atoms with Gasteiger partial charge in [0, 0.05) is 31.6 Å². The molecule has 3 rings (SSSR count). The number of hydrogen-bond acceptors (Lipinski definition) is 4. The quantitative estimate of drug-likeness (QED) is 0.596. The third-order valence-electron chi connectivity index (χ3n) is 4.41. The average molecular weight is 294 g/mol. The standard InChI is InChI=1S/C14H22N4O3/c19-12-8-15-11(7-16-12)13(20)17-10-3-5-18(6-4-10)14(21)9-1-2-9/h9-11,15H,1-8H2,(H,16,19)(H,17,20). The van der Waals surface area contributed by atoms with Gasteiger partial charge in [0.1, 0.15) is 6.04 Å². The molecule has 2 saturated heterocycles. The number of nitrogens with zero attached hydrogens (tertiary/aromatic N) is 1. The third kappa shape index (κ3) is 3.53. The molecule has 116 valence electrons. The van der Waals surface area contributed by atoms with E-state index in [1.807, 2.05) is 4.90 Å². The van der Waals surface area contributed by atoms with Gasteiger partial charge < -0.3 is 15.5 Å². The molecule has 21 heavy (non-hydrogen) atoms. The number of piperidine rings is 1. The molecule has 3 aliphatic rings. The van der Waals surface area contributed by atoms with Crippen LogP contribution in [-0.4, -0.2) is 60.9 Å². The Morgan fingerprint density at radius 3 is 2.43 bits per heavy atom. The fraction of sp³-hybridized carbons (Fsp3) is 0.786. The van der Waals surface area contributed by atoms with Crippen LogP contribution >= 0.6 is 0 Å². The molecule has 1 saturated carbocycles. The van der Waals surface area contributed by atoms with Gasteiger partial charge in [0.05, 0.1) is 6.54 Å². The molecule has 0 aromatic heterocycles. The zero-order chi connectivity index (χ0) is 14.8. The zero-order valence-electron chi connectivity index (χ0n) is 12.1. The van der Waals surface area contributed by atoms with E-state index in [1.54, 1.807) is 0 Å². The maximum Gasteiger partial charge on any atom is 0.239 e. The summed E-state index contributed by atoms with van der Waals surface area (Å²) in [5.41, 5.74) is 0. The number of hydrogen-bond donors (Lipinski definition) is 3. The van der Waals surface area contributed by atoms with Gasteiger partial charge in [-0.05, 0) is 25.7 Å². The van der Waals surface area contributed by atoms with Gasteiger partial charge in [-0.3, -0.25) is 19.7 Å². The monoisotopic (exact) mass is 294 g/mol. The Bertz CT molecular complexity index is 432. The van der Waals surface area contributed by atoms with Crippen LogP contribution in [0.3, 0.4) is 0 Å². The van der Waals surface area contributed by atoms with Crippen LogP contribution in [0.2, 0.25) is 0 Å². The maximum absolute atomic E-state index is 12.1. The van der Waals surface area contributed by atoms with E-state index in [9.17, 15) is 14.4 Å². The molecule has 0 aromatic rings. The number of amides is 3. The van der Waals surface area contributed by atoms with E-state index in [0.717, 1.165) is 38.8 Å². The first-order valence-electron chi connectivity index (χ1n) is 7.73. The minimum atomic E-state index is -0.353. The SMILES string of the molecule is O=C1CNC(C(=O)NC2CCN(C(=O)C3CC3)CC2)CN1. The molecule has 0 bridgehead atoms. The van der Waals surface area contributed by atoms with E-state index in [2.05, 4.69) is 16.0 Å². The number of piperazine rings is 1. The van der Waals surface area contributed by atoms with Crippen molar-refractivity contribution >= 4 is 17.7 Å². The van der Waals surface area contributed by atoms with E-state index >= 15 is 0 Å². The summed E-state index contributed by atoms with van der Waals surface area (Å²) in [5, 5.41) is 8.61. The van der Waals surface area contributed by atoms with Gasteiger partial charge in [-0.15, -0.1) is 0 Å². The summed E-state index contributed by atoms with van der Waals surface area (Å²) in [6.45, 7) is 1.99. The van der Waals surface area contributed by atoms with Crippen LogP contribution in [0.4, 0.5) is 0 Å². The Kier molecular flexibility index (Phi) is 4.10. The molecule has 0 radical (unpaired) electrons. The molecule has 2 heterocycles. The summed E-state index contributed by atoms with van der Waals surface area (Å²) in [4.78, 5) is 37.0. The first-order valence-corrected chi connectivity index (χ1v) is 7.73. The second-order valence-corrected chi connectivity index (χ2v) is 6.12. The second kappa shape index (κ2) is 6.01. The van der Waals surface area contributed by atoms with Crippen molar-refractivity contribution in [2.24, 2.45) is 5.92 Å². The van der Waals surface area contributed by atoms with Crippen molar-refractivity contribution in [2.75, 3.05) is 26.2 Å². The summed E-state index contributed by atoms with van der Waals surface area (Å²) in [7, 11) is 0. The topological polar surface area (TPSA) is 90.5 Å². The highest BCUT2D eigenvalue weighted by molar-refractivity contribution is 5.87. The summed E-state index contributed by atoms with van der Waals surface area (Å²) >= 11 is 0. The van der Waals surface area contributed by atoms with Crippen molar-refractivity contribution in [2.45, 2.75) is 37.8 Å². The van der Waals surface area contributed by atoms with Crippen molar-refractivity contribution < 1.29 is 14.4 Å². The van der Waals surface area contributed by atoms with Gasteiger partial charge in [-0.1, -0.05) is 0 Å². The van der Waals surface area contributed by atoms with Crippen LogP contribution in [-0.2, 0) is 14.4 Å². The lowest BCUT2D eigenvalue weighted by atomic mass is 10.0. The molecule has 7 nitrogen and oxygen atoms in total. The summed E-state index contributed by atoms with van der Waals surface area (Å²) in [6.07, 6.45) is 3.69. The van der Waals surface area contributed by atoms with Gasteiger partial charge in [0.2, 0.25) is 17.7 Å². The van der Waals surface area contributed by atoms with Gasteiger partial charge >= 0.3 is 0 Å². The van der Waals surface area contributed by atoms with Crippen LogP contribution in [0.5, 0.6) is 0 Å². The fourth-order valence-corrected chi connectivity index (χ4v) is 2.89. The van der Waals surface area contributed by atoms with Crippen LogP contribution in [0, 0.1) is 5.92 Å². The van der Waals surface area contributed by atoms with E-state index in [1.165, 1.54) is 0 Å². The van der Waals surface area contributed by atoms with Crippen molar-refractivity contribution in [1.82, 2.24) is 20.9 Å². The van der Waals surface area contributed by atoms with Crippen molar-refractivity contribution in [3.63, 3.8) is 0 Å². The fourth-order valence-electron chi connectivity index (χ4n) is 2.89. The molecule has 3 fully saturated rings. The average Bonchev–Trinajstić information content (AvgIpc) is 3.32. The molecule has 1 atom stereocenters. The molecule has 0 aromatic carbocycles. The van der Waals surface area contributed by atoms with E-state index in [-0.39, 0.29) is 42.3 Å². The molecule has 3 N–H and O–H groups in total. The molecule has 3 amide bonds. The third-order valence-corrected chi connectivity index (χ3v) is 4.41. The van der Waals surface area contributed by atoms with Crippen molar-refractivity contribution in [3.8, 4) is 0 Å². The van der Waals surface area contributed by atoms with Gasteiger partial charge in [-0.25, -0.2) is 0 Å². The minimum absolute atomic E-state index is 0.0676. The van der Waals surface area contributed by atoms with E-state index < -0.39 is 0 Å². The summed E-state index contributed by atoms with van der Waals surface area (Å²) in [5.74, 6) is 0.413. The Balaban J connectivity index is 1.41. The first kappa shape index (κ1) is 14.3. The molecule has 0 spiro atoms. The highest BCUT2D eigenvalue weighted by Crippen LogP contribution is 2.31. The van der Waals surface area contributed by atoms with Crippen LogP contribution < -0.4 is 16.0 Å². The molecular weight excluding hydrogens is 272 g/mol. The second-order valence-electron chi connectivity index (χ2n) is 6.12. The lowest BCUT2D eigenvalue weighted by molar-refractivity contribution is -0.133. The van der Waals surface area contributed by atoms with E-state index in [4.69, 9.17) is 0 Å². The normalized spacial score (nSPS) is 27.1. The number of carbonyl (C=O) groups is 3. The van der Waals surface area contributed by atoms with Crippen LogP contribution in [0.15, 0.2) is 0 Å². The lowest BCUT2D eigenvalue weighted by Gasteiger charge is -2.33. The molecule has 1 unspecified atom stereocenters. The maximum atomic E-state index is 12.1. The van der Waals surface area contributed by atoms with Crippen molar-refractivity contribution in [3.05, 3.63) is 0 Å². The Hall–Kier alpha value is -1.63. The molecule has 2 aliphatic heterocycles.